The van der Waals surface area contributed by atoms with Crippen LogP contribution in [0.1, 0.15) is 5.56 Å². The van der Waals surface area contributed by atoms with Crippen molar-refractivity contribution < 1.29 is 8.39 Å². The first kappa shape index (κ1) is 21.8. The van der Waals surface area contributed by atoms with Crippen LogP contribution in [0, 0.1) is 0 Å². The van der Waals surface area contributed by atoms with Crippen LogP contribution in [0.5, 0.6) is 0 Å². The van der Waals surface area contributed by atoms with E-state index in [-0.39, 0.29) is 0 Å². The van der Waals surface area contributed by atoms with E-state index >= 15 is 0 Å². The minimum Gasteiger partial charge on any atom is -0.404 e. The summed E-state index contributed by atoms with van der Waals surface area (Å²) >= 11 is 0. The van der Waals surface area contributed by atoms with Crippen LogP contribution in [0.3, 0.4) is 0 Å². The number of para-hydroxylation sites is 1. The molecule has 0 N–H and O–H groups in total. The van der Waals surface area contributed by atoms with E-state index in [1.165, 1.54) is 16.3 Å². The summed E-state index contributed by atoms with van der Waals surface area (Å²) < 4.78 is 16.0. The van der Waals surface area contributed by atoms with E-state index in [1.54, 1.807) is 0 Å². The van der Waals surface area contributed by atoms with Crippen LogP contribution in [-0.2, 0) is 6.54 Å². The summed E-state index contributed by atoms with van der Waals surface area (Å²) in [4.78, 5) is 0. The molecular weight excluding hydrogens is 473 g/mol. The molecule has 1 aromatic heterocycles. The molecule has 0 saturated heterocycles. The van der Waals surface area contributed by atoms with Gasteiger partial charge in [-0.15, -0.1) is 0 Å². The number of hydrogen-bond donors (Lipinski definition) is 0. The fourth-order valence-electron chi connectivity index (χ4n) is 5.06. The lowest BCUT2D eigenvalue weighted by Gasteiger charge is -2.21. The Balaban J connectivity index is 1.61. The third-order valence-electron chi connectivity index (χ3n) is 6.81. The van der Waals surface area contributed by atoms with Crippen LogP contribution in [0.15, 0.2) is 142 Å². The van der Waals surface area contributed by atoms with Crippen molar-refractivity contribution in [1.29, 1.82) is 0 Å². The molecule has 0 unspecified atom stereocenters. The maximum atomic E-state index is 6.85. The highest BCUT2D eigenvalue weighted by molar-refractivity contribution is 7.39. The minimum absolute atomic E-state index is 0.669. The van der Waals surface area contributed by atoms with Crippen molar-refractivity contribution in [3.8, 4) is 0 Å². The molecule has 0 aliphatic rings. The Hall–Kier alpha value is -4.46. The smallest absolute Gasteiger partial charge is 0.341 e. The van der Waals surface area contributed by atoms with Gasteiger partial charge in [-0.05, 0) is 51.4 Å². The molecule has 0 spiro atoms. The molecule has 0 atom stereocenters. The highest BCUT2D eigenvalue weighted by atomic mass is 31.1. The molecule has 0 bridgehead atoms. The average molecular weight is 498 g/mol. The van der Waals surface area contributed by atoms with Crippen molar-refractivity contribution in [2.24, 2.45) is 0 Å². The second-order valence-corrected chi connectivity index (χ2v) is 10.4. The van der Waals surface area contributed by atoms with Gasteiger partial charge in [-0.1, -0.05) is 109 Å². The van der Waals surface area contributed by atoms with Crippen LogP contribution in [0.4, 0.5) is 5.69 Å². The quantitative estimate of drug-likeness (QED) is 0.242. The Bertz CT molecular complexity index is 1820. The molecule has 178 valence electrons. The third kappa shape index (κ3) is 3.94. The van der Waals surface area contributed by atoms with Crippen molar-refractivity contribution in [3.63, 3.8) is 0 Å². The van der Waals surface area contributed by atoms with Crippen LogP contribution < -0.4 is 4.67 Å². The van der Waals surface area contributed by atoms with E-state index < -0.39 is 8.16 Å². The summed E-state index contributed by atoms with van der Waals surface area (Å²) in [5, 5.41) is 6.85. The number of rotatable bonds is 4. The van der Waals surface area contributed by atoms with Gasteiger partial charge in [0.2, 0.25) is 0 Å². The van der Waals surface area contributed by atoms with E-state index in [9.17, 15) is 0 Å². The summed E-state index contributed by atoms with van der Waals surface area (Å²) in [5.74, 6) is 0. The zero-order valence-corrected chi connectivity index (χ0v) is 21.0. The Kier molecular flexibility index (Phi) is 5.42. The molecule has 0 fully saturated rings. The summed E-state index contributed by atoms with van der Waals surface area (Å²) in [6.45, 7) is 0.669. The number of nitrogens with zero attached hydrogens (tertiary/aromatic N) is 1. The second kappa shape index (κ2) is 9.20. The van der Waals surface area contributed by atoms with E-state index in [1.807, 2.05) is 12.1 Å². The predicted molar refractivity (Wildman–Crippen MR) is 156 cm³/mol. The number of benzene rings is 6. The maximum Gasteiger partial charge on any atom is 0.341 e. The molecule has 0 radical (unpaired) electrons. The molecule has 0 saturated carbocycles. The minimum atomic E-state index is -1.51. The Morgan fingerprint density at radius 2 is 0.973 bits per heavy atom. The number of fused-ring (bicyclic) bond motifs is 7. The van der Waals surface area contributed by atoms with E-state index in [4.69, 9.17) is 8.39 Å². The van der Waals surface area contributed by atoms with Crippen LogP contribution >= 0.6 is 8.16 Å². The third-order valence-corrected chi connectivity index (χ3v) is 8.28. The van der Waals surface area contributed by atoms with Gasteiger partial charge in [0.15, 0.2) is 0 Å². The van der Waals surface area contributed by atoms with Gasteiger partial charge in [0.1, 0.15) is 11.2 Å². The number of hydrogen-bond acceptors (Lipinski definition) is 3. The average Bonchev–Trinajstić information content (AvgIpc) is 3.14. The molecule has 37 heavy (non-hydrogen) atoms. The molecule has 0 aliphatic carbocycles. The van der Waals surface area contributed by atoms with Crippen molar-refractivity contribution in [3.05, 3.63) is 139 Å². The lowest BCUT2D eigenvalue weighted by molar-refractivity contribution is 0.632. The molecule has 6 aromatic carbocycles. The van der Waals surface area contributed by atoms with Gasteiger partial charge in [0.25, 0.3) is 0 Å². The first-order chi connectivity index (χ1) is 18.3. The summed E-state index contributed by atoms with van der Waals surface area (Å²) in [6, 6.07) is 46.3. The monoisotopic (exact) mass is 497 g/mol. The van der Waals surface area contributed by atoms with Crippen molar-refractivity contribution in [2.75, 3.05) is 4.67 Å². The second-order valence-electron chi connectivity index (χ2n) is 9.12. The van der Waals surface area contributed by atoms with Gasteiger partial charge in [0, 0.05) is 16.5 Å². The SMILES string of the molecule is c1ccc(CN(c2ccccc2)p2oc3ccc4ccccc4c3c3c(ccc4ccccc43)o2)cc1. The summed E-state index contributed by atoms with van der Waals surface area (Å²) in [5.41, 5.74) is 3.94. The van der Waals surface area contributed by atoms with Crippen LogP contribution in [0.25, 0.3) is 43.5 Å². The molecule has 0 amide bonds. The van der Waals surface area contributed by atoms with Gasteiger partial charge in [-0.3, -0.25) is 4.67 Å². The van der Waals surface area contributed by atoms with Crippen molar-refractivity contribution >= 4 is 57.3 Å². The van der Waals surface area contributed by atoms with Crippen LogP contribution in [-0.4, -0.2) is 0 Å². The molecular formula is C33H24NO2P. The maximum absolute atomic E-state index is 6.85. The molecule has 3 nitrogen and oxygen atoms in total. The van der Waals surface area contributed by atoms with Gasteiger partial charge in [-0.25, -0.2) is 0 Å². The lowest BCUT2D eigenvalue weighted by Crippen LogP contribution is -2.12. The Labute approximate surface area is 215 Å². The first-order valence-corrected chi connectivity index (χ1v) is 13.5. The Morgan fingerprint density at radius 3 is 1.54 bits per heavy atom. The largest absolute Gasteiger partial charge is 0.404 e. The van der Waals surface area contributed by atoms with E-state index in [2.05, 4.69) is 126 Å². The van der Waals surface area contributed by atoms with Gasteiger partial charge >= 0.3 is 8.16 Å². The molecule has 7 aromatic rings. The van der Waals surface area contributed by atoms with Gasteiger partial charge in [-0.2, -0.15) is 0 Å². The molecule has 7 rings (SSSR count). The number of anilines is 1. The highest BCUT2D eigenvalue weighted by Gasteiger charge is 2.18. The first-order valence-electron chi connectivity index (χ1n) is 12.4. The van der Waals surface area contributed by atoms with E-state index in [0.717, 1.165) is 38.4 Å². The summed E-state index contributed by atoms with van der Waals surface area (Å²) in [6.07, 6.45) is 0. The van der Waals surface area contributed by atoms with Gasteiger partial charge in [0.05, 0.1) is 6.54 Å². The normalized spacial score (nSPS) is 11.4. The fourth-order valence-corrected chi connectivity index (χ4v) is 6.53. The van der Waals surface area contributed by atoms with Gasteiger partial charge < -0.3 is 8.39 Å². The molecule has 1 heterocycles. The summed E-state index contributed by atoms with van der Waals surface area (Å²) in [7, 11) is -1.51. The fraction of sp³-hybridized carbons (Fsp3) is 0.0303. The zero-order valence-electron chi connectivity index (χ0n) is 20.1. The van der Waals surface area contributed by atoms with Crippen molar-refractivity contribution in [1.82, 2.24) is 0 Å². The zero-order chi connectivity index (χ0) is 24.6. The molecule has 4 heteroatoms. The Morgan fingerprint density at radius 1 is 0.486 bits per heavy atom. The predicted octanol–water partition coefficient (Wildman–Crippen LogP) is 10.1. The molecule has 0 aliphatic heterocycles. The van der Waals surface area contributed by atoms with Crippen molar-refractivity contribution in [2.45, 2.75) is 6.54 Å². The standard InChI is InChI=1S/C33H24NO2P/c1-3-11-24(12-4-1)23-34(27-15-5-2-6-16-27)37-35-30-21-19-25-13-7-9-17-28(25)32(30)33-29-18-10-8-14-26(29)20-22-31(33)36-37/h1-22H,23H2. The van der Waals surface area contributed by atoms with E-state index in [0.29, 0.717) is 6.54 Å². The lowest BCUT2D eigenvalue weighted by atomic mass is 9.99. The van der Waals surface area contributed by atoms with Crippen LogP contribution in [0.2, 0.25) is 0 Å². The highest BCUT2D eigenvalue weighted by Crippen LogP contribution is 2.44. The topological polar surface area (TPSA) is 29.5 Å².